The van der Waals surface area contributed by atoms with Crippen LogP contribution in [0.15, 0.2) is 164 Å². The number of aliphatic hydroxyl groups is 1. The third-order valence-corrected chi connectivity index (χ3v) is 19.2. The number of aryl methyl sites for hydroxylation is 5. The van der Waals surface area contributed by atoms with Gasteiger partial charge in [-0.1, -0.05) is 516 Å². The molecule has 0 spiro atoms. The van der Waals surface area contributed by atoms with E-state index in [4.69, 9.17) is 14.6 Å². The van der Waals surface area contributed by atoms with Gasteiger partial charge in [-0.2, -0.15) is 0 Å². The molecule has 2 aliphatic rings. The molecule has 7 aromatic carbocycles. The molecule has 2 saturated carbocycles. The van der Waals surface area contributed by atoms with Gasteiger partial charge in [-0.3, -0.25) is 0 Å². The number of unbranched alkanes of at least 4 members (excludes halogenated alkanes) is 1. The number of aliphatic hydroxyl groups excluding tert-OH is 1. The lowest BCUT2D eigenvalue weighted by Gasteiger charge is -2.18. The highest BCUT2D eigenvalue weighted by atomic mass is 19.1. The van der Waals surface area contributed by atoms with E-state index in [-0.39, 0.29) is 18.0 Å². The highest BCUT2D eigenvalue weighted by Gasteiger charge is 2.11. The Morgan fingerprint density at radius 1 is 0.438 bits per heavy atom. The van der Waals surface area contributed by atoms with Crippen LogP contribution in [0.5, 0.6) is 0 Å². The second kappa shape index (κ2) is 88.3. The molecule has 0 aromatic heterocycles. The summed E-state index contributed by atoms with van der Waals surface area (Å²) in [5.41, 5.74) is 8.89. The highest BCUT2D eigenvalue weighted by Crippen LogP contribution is 2.26. The van der Waals surface area contributed by atoms with E-state index in [1.54, 1.807) is 19.2 Å². The van der Waals surface area contributed by atoms with Gasteiger partial charge in [0.25, 0.3) is 0 Å². The Hall–Kier alpha value is -5.17. The summed E-state index contributed by atoms with van der Waals surface area (Å²) in [7, 11) is 3.83. The molecule has 2 aliphatic carbocycles. The molecule has 1 N–H and O–H groups in total. The number of ether oxygens (including phenoxy) is 2. The van der Waals surface area contributed by atoms with Crippen molar-refractivity contribution in [2.24, 2.45) is 51.8 Å². The number of fused-ring (bicyclic) bond motifs is 2. The Morgan fingerprint density at radius 3 is 1.12 bits per heavy atom. The number of benzene rings is 7. The maximum absolute atomic E-state index is 12.1. The normalized spacial score (nSPS) is 12.2. The van der Waals surface area contributed by atoms with Crippen LogP contribution in [0.1, 0.15) is 410 Å². The first kappa shape index (κ1) is 131. The van der Waals surface area contributed by atoms with Gasteiger partial charge in [0.05, 0.1) is 12.2 Å². The van der Waals surface area contributed by atoms with Gasteiger partial charge in [0.1, 0.15) is 5.82 Å². The number of halogens is 1. The maximum Gasteiger partial charge on any atom is 0.123 e. The second-order valence-corrected chi connectivity index (χ2v) is 39.3. The number of hydrogen-bond acceptors (Lipinski definition) is 4. The lowest BCUT2D eigenvalue weighted by Crippen LogP contribution is -2.18. The average molecular weight is 1690 g/mol. The Kier molecular flexibility index (Phi) is 95.8. The first-order chi connectivity index (χ1) is 56.7. The zero-order valence-electron chi connectivity index (χ0n) is 88.4. The fraction of sp³-hybridized carbons (Fsp3) is 0.672. The summed E-state index contributed by atoms with van der Waals surface area (Å²) >= 11 is 0. The van der Waals surface area contributed by atoms with Crippen LogP contribution in [0.4, 0.5) is 4.39 Å². The minimum absolute atomic E-state index is 0.0503. The van der Waals surface area contributed by atoms with Gasteiger partial charge < -0.3 is 19.5 Å². The van der Waals surface area contributed by atoms with Crippen LogP contribution >= 0.6 is 0 Å². The third kappa shape index (κ3) is 111. The van der Waals surface area contributed by atoms with Crippen molar-refractivity contribution < 1.29 is 19.0 Å². The molecule has 121 heavy (non-hydrogen) atoms. The summed E-state index contributed by atoms with van der Waals surface area (Å²) in [5, 5.41) is 14.0. The Balaban J connectivity index is -0.000000188. The maximum atomic E-state index is 12.1. The molecule has 2 fully saturated rings. The van der Waals surface area contributed by atoms with Crippen molar-refractivity contribution in [3.05, 3.63) is 203 Å². The van der Waals surface area contributed by atoms with E-state index in [1.807, 2.05) is 77.1 Å². The number of rotatable bonds is 18. The highest BCUT2D eigenvalue weighted by molar-refractivity contribution is 5.85. The first-order valence-corrected chi connectivity index (χ1v) is 48.8. The molecule has 9 rings (SSSR count). The summed E-state index contributed by atoms with van der Waals surface area (Å²) < 4.78 is 22.1. The molecule has 1 unspecified atom stereocenters. The van der Waals surface area contributed by atoms with Crippen LogP contribution < -0.4 is 0 Å². The minimum Gasteiger partial charge on any atom is -0.392 e. The van der Waals surface area contributed by atoms with Gasteiger partial charge in [0, 0.05) is 20.3 Å². The molecule has 0 amide bonds. The van der Waals surface area contributed by atoms with Crippen LogP contribution in [0.2, 0.25) is 0 Å². The number of methoxy groups -OCH3 is 1. The summed E-state index contributed by atoms with van der Waals surface area (Å²) in [6, 6.07) is 54.2. The number of hydrogen-bond donors (Lipinski definition) is 1. The van der Waals surface area contributed by atoms with Crippen molar-refractivity contribution >= 4 is 21.5 Å². The molecule has 0 aliphatic heterocycles. The number of nitrogens with zero attached hydrogens (tertiary/aromatic N) is 1. The van der Waals surface area contributed by atoms with E-state index in [0.717, 1.165) is 67.0 Å². The first-order valence-electron chi connectivity index (χ1n) is 48.8. The SMILES string of the molecule is CC.CC(C)(C)C.CC(C)(C)C.CC1CCCCC1.CCC(C)CC.CCC1CCCCC1.CCCC(C)(C)C.CCCC(C)CCC.CCCCC(C)CC.CCN(C)CC.CCOC(C)(C)C.COCC(C)C.Cc1ccc(CO)cc1.Cc1ccc(F)cc1.Cc1ccc2ccccc2c1.Cc1cccc2ccccc12.Cc1ccccc1. The van der Waals surface area contributed by atoms with Crippen LogP contribution in [0.25, 0.3) is 21.5 Å². The quantitative estimate of drug-likeness (QED) is 0.0930. The van der Waals surface area contributed by atoms with Gasteiger partial charge in [-0.25, -0.2) is 4.39 Å². The van der Waals surface area contributed by atoms with Crippen LogP contribution in [0.3, 0.4) is 0 Å². The van der Waals surface area contributed by atoms with Crippen molar-refractivity contribution in [2.75, 3.05) is 40.5 Å². The van der Waals surface area contributed by atoms with E-state index >= 15 is 0 Å². The summed E-state index contributed by atoms with van der Waals surface area (Å²) in [5.74, 6) is 5.48. The molecule has 0 radical (unpaired) electrons. The fourth-order valence-corrected chi connectivity index (χ4v) is 11.3. The lowest BCUT2D eigenvalue weighted by atomic mass is 9.88. The molecule has 0 saturated heterocycles. The molecule has 704 valence electrons. The third-order valence-electron chi connectivity index (χ3n) is 19.2. The summed E-state index contributed by atoms with van der Waals surface area (Å²) in [4.78, 5) is 2.25. The van der Waals surface area contributed by atoms with Crippen LogP contribution in [-0.4, -0.2) is 56.1 Å². The molecule has 5 heteroatoms. The molecule has 7 aromatic rings. The predicted octanol–water partition coefficient (Wildman–Crippen LogP) is 38.4. The largest absolute Gasteiger partial charge is 0.392 e. The fourth-order valence-electron chi connectivity index (χ4n) is 11.3. The minimum atomic E-state index is -0.171. The molecule has 1 atom stereocenters. The van der Waals surface area contributed by atoms with Gasteiger partial charge in [0.15, 0.2) is 0 Å². The molecular formula is C116H210FNO3. The second-order valence-electron chi connectivity index (χ2n) is 39.3. The Morgan fingerprint density at radius 2 is 0.843 bits per heavy atom. The van der Waals surface area contributed by atoms with Crippen LogP contribution in [-0.2, 0) is 16.1 Å². The zero-order chi connectivity index (χ0) is 94.7. The Labute approximate surface area is 759 Å². The zero-order valence-corrected chi connectivity index (χ0v) is 88.4. The van der Waals surface area contributed by atoms with Gasteiger partial charge in [-0.15, -0.1) is 0 Å². The van der Waals surface area contributed by atoms with Crippen molar-refractivity contribution in [3.63, 3.8) is 0 Å². The van der Waals surface area contributed by atoms with E-state index in [9.17, 15) is 4.39 Å². The van der Waals surface area contributed by atoms with Crippen LogP contribution in [0, 0.1) is 92.2 Å². The average Bonchev–Trinajstić information content (AvgIpc) is 0.851. The van der Waals surface area contributed by atoms with Gasteiger partial charge >= 0.3 is 0 Å². The molecular weight excluding hydrogens is 1470 g/mol. The van der Waals surface area contributed by atoms with Crippen molar-refractivity contribution in [1.29, 1.82) is 0 Å². The standard InChI is InChI=1S/2C11H10.C8H10O.C8H16.2C8H18.C7H7F.C7H14.C7H8.C7H16.C6H14O.C6H14.C5H13N.C5H12O.2C5H12.C2H6/c1-9-5-4-7-10-6-2-3-8-11(9)10;1-9-6-7-10-4-2-3-5-11(10)8-9;1-7-2-4-8(6-9)5-3-7;1-2-8-6-4-3-5-7-8;1-4-6-7-8(3)5-2;1-4-6-8(3)7-5-2;1-6-2-4-7(8)5-3-6;2*1-7-5-3-2-4-6-7;1-5-6-7(2,3)4;1-5-7-6(2,3)4;2*1-4-6(3)5-2;1-5(2)4-6-3;2*1-5(2,3)4;1-2/h2*2-8H,1H3;2-5,9H,6H2,1H3;8H,2-7H2,1H3;2*8H,4-7H2,1-3H3;2-5H,1H3;7H,2-6H2,1H3;2-6H,1H3;5-6H2,1-4H3;5H2,1-4H3;6H,4-5H2,1-3H3;4-5H2,1-3H3;5H,4H2,1-3H3;2*1-4H3;1-2H3. The Bertz CT molecular complexity index is 3050. The monoisotopic (exact) mass is 1680 g/mol. The van der Waals surface area contributed by atoms with E-state index < -0.39 is 0 Å². The lowest BCUT2D eigenvalue weighted by molar-refractivity contribution is 0.00530. The smallest absolute Gasteiger partial charge is 0.123 e. The van der Waals surface area contributed by atoms with E-state index in [2.05, 4.69) is 337 Å². The topological polar surface area (TPSA) is 41.9 Å². The molecule has 0 heterocycles. The summed E-state index contributed by atoms with van der Waals surface area (Å²) in [6.07, 6.45) is 32.7. The molecule has 0 bridgehead atoms. The summed E-state index contributed by atoms with van der Waals surface area (Å²) in [6.45, 7) is 86.8. The predicted molar refractivity (Wildman–Crippen MR) is 557 cm³/mol. The van der Waals surface area contributed by atoms with Crippen molar-refractivity contribution in [1.82, 2.24) is 4.90 Å². The molecule has 4 nitrogen and oxygen atoms in total. The van der Waals surface area contributed by atoms with Crippen molar-refractivity contribution in [2.45, 2.75) is 423 Å². The van der Waals surface area contributed by atoms with E-state index in [1.165, 1.54) is 204 Å². The van der Waals surface area contributed by atoms with E-state index in [0.29, 0.717) is 22.2 Å². The van der Waals surface area contributed by atoms with Crippen molar-refractivity contribution in [3.8, 4) is 0 Å². The van der Waals surface area contributed by atoms with Gasteiger partial charge in [0.2, 0.25) is 0 Å². The van der Waals surface area contributed by atoms with Gasteiger partial charge in [-0.05, 0) is 185 Å².